The summed E-state index contributed by atoms with van der Waals surface area (Å²) in [7, 11) is 21.0. The molecule has 8 aromatic rings. The van der Waals surface area contributed by atoms with Gasteiger partial charge in [-0.3, -0.25) is 0 Å². The smallest absolute Gasteiger partial charge is 0.416 e. The standard InChI is InChI=1S/C15H21F3N2.2C14H19F3N2.C14H21F3N2.C14H14F3NO.C13H19F3N2.C11H14F3NO/c1-11-8-12(15(16,17)18)10-14(9-11)20-6-4-13(5-7-20)19(2)3;1-10-6-11(14(15,16)17)8-13(7-10)19(3)12-4-5-18(2)9-12;1-11-8-12(14(15,16)17)10-13(9-11)18-4-7-19-5-2-3-6-19;1-11-8-12(14(15,16)17)10-13(9-11)19(4)7-5-6-18(2)3;1-10-6-11(14(15,16)17)8-12(7-10)18(2)9-13-4-3-5-19-13;1-10-7-11(13(14,15)16)9-12(8-10)17-5-4-6-18(2)3;1-8-5-9(11(12,13)14)7-10(6-8)15-3-4-16-2/h8-10,13H,4-7H2,1-3H3;6-8,12H,4-5,9H2,1-3H3;8-10,18H,2-7H2,1H3;8-10H,5-7H2,1-4H3;3-8H,9H2,1-2H3;7-9,17H,4-6H2,1-3H3;5-7,15H,3-4H2,1-2H3. The summed E-state index contributed by atoms with van der Waals surface area (Å²) in [5, 5.41) is 8.98. The van der Waals surface area contributed by atoms with Crippen LogP contribution in [0.15, 0.2) is 150 Å². The van der Waals surface area contributed by atoms with Crippen molar-refractivity contribution >= 4 is 39.8 Å². The molecule has 3 aliphatic heterocycles. The van der Waals surface area contributed by atoms with Crippen molar-refractivity contribution in [2.45, 2.75) is 155 Å². The number of piperidine rings is 1. The van der Waals surface area contributed by atoms with Gasteiger partial charge in [0, 0.05) is 133 Å². The second kappa shape index (κ2) is 50.5. The van der Waals surface area contributed by atoms with Crippen LogP contribution >= 0.6 is 0 Å². The second-order valence-electron chi connectivity index (χ2n) is 34.0. The minimum absolute atomic E-state index is 0.285. The molecule has 0 radical (unpaired) electrons. The van der Waals surface area contributed by atoms with Crippen molar-refractivity contribution in [2.75, 3.05) is 205 Å². The van der Waals surface area contributed by atoms with Gasteiger partial charge in [0.15, 0.2) is 0 Å². The molecule has 0 saturated carbocycles. The van der Waals surface area contributed by atoms with Gasteiger partial charge in [-0.05, 0) is 354 Å². The first-order valence-electron chi connectivity index (χ1n) is 42.6. The summed E-state index contributed by atoms with van der Waals surface area (Å²) in [5.41, 5.74) is 4.18. The van der Waals surface area contributed by atoms with Gasteiger partial charge < -0.3 is 69.2 Å². The highest BCUT2D eigenvalue weighted by Gasteiger charge is 2.38. The lowest BCUT2D eigenvalue weighted by Gasteiger charge is -2.36. The molecule has 1 atom stereocenters. The van der Waals surface area contributed by atoms with E-state index in [1.807, 2.05) is 76.2 Å². The summed E-state index contributed by atoms with van der Waals surface area (Å²) >= 11 is 0. The summed E-state index contributed by atoms with van der Waals surface area (Å²) < 4.78 is 277. The van der Waals surface area contributed by atoms with Gasteiger partial charge in [0.1, 0.15) is 5.76 Å². The van der Waals surface area contributed by atoms with Crippen molar-refractivity contribution in [3.8, 4) is 0 Å². The Kier molecular flexibility index (Phi) is 43.2. The van der Waals surface area contributed by atoms with Crippen LogP contribution in [-0.2, 0) is 54.5 Å². The molecule has 3 N–H and O–H groups in total. The summed E-state index contributed by atoms with van der Waals surface area (Å²) in [6.07, 6.45) is -21.3. The van der Waals surface area contributed by atoms with E-state index in [9.17, 15) is 92.2 Å². The number of rotatable bonds is 25. The maximum atomic E-state index is 12.9. The fourth-order valence-corrected chi connectivity index (χ4v) is 14.5. The van der Waals surface area contributed by atoms with E-state index >= 15 is 0 Å². The van der Waals surface area contributed by atoms with Gasteiger partial charge in [0.25, 0.3) is 0 Å². The summed E-state index contributed by atoms with van der Waals surface area (Å²) in [4.78, 5) is 18.4. The van der Waals surface area contributed by atoms with Gasteiger partial charge in [-0.15, -0.1) is 0 Å². The number of hydrogen-bond donors (Lipinski definition) is 3. The van der Waals surface area contributed by atoms with Gasteiger partial charge in [0.2, 0.25) is 0 Å². The Balaban J connectivity index is 0.000000269. The van der Waals surface area contributed by atoms with Gasteiger partial charge in [-0.2, -0.15) is 92.2 Å². The predicted molar refractivity (Wildman–Crippen MR) is 480 cm³/mol. The lowest BCUT2D eigenvalue weighted by molar-refractivity contribution is -0.138. The first-order chi connectivity index (χ1) is 60.3. The SMILES string of the molecule is COCCNc1cc(C)cc(C(F)(F)F)c1.Cc1cc(N(C)C2CCN(C)C2)cc(C(F)(F)F)c1.Cc1cc(N(C)CCCN(C)C)cc(C(F)(F)F)c1.Cc1cc(N(C)Cc2ccco2)cc(C(F)(F)F)c1.Cc1cc(N2CCC(N(C)C)CC2)cc(C(F)(F)F)c1.Cc1cc(NCCCN(C)C)cc(C(F)(F)F)c1.Cc1cc(NCCN2CCCC2)cc(C(F)(F)F)c1. The lowest BCUT2D eigenvalue weighted by Crippen LogP contribution is -2.42. The quantitative estimate of drug-likeness (QED) is 0.0375. The number of benzene rings is 7. The largest absolute Gasteiger partial charge is 0.467 e. The molecule has 0 spiro atoms. The average Bonchev–Trinajstić information content (AvgIpc) is 1.33. The molecule has 3 fully saturated rings. The molecular formula is C95H127F21N12O2. The molecule has 35 heteroatoms. The molecule has 11 rings (SSSR count). The van der Waals surface area contributed by atoms with Crippen molar-refractivity contribution in [3.63, 3.8) is 0 Å². The van der Waals surface area contributed by atoms with Crippen molar-refractivity contribution in [1.82, 2.24) is 24.5 Å². The lowest BCUT2D eigenvalue weighted by atomic mass is 10.0. The fourth-order valence-electron chi connectivity index (χ4n) is 14.5. The number of furan rings is 1. The van der Waals surface area contributed by atoms with Gasteiger partial charge >= 0.3 is 43.2 Å². The summed E-state index contributed by atoms with van der Waals surface area (Å²) in [5.74, 6) is 0.706. The molecule has 130 heavy (non-hydrogen) atoms. The Labute approximate surface area is 752 Å². The summed E-state index contributed by atoms with van der Waals surface area (Å²) in [6.45, 7) is 23.6. The zero-order valence-corrected chi connectivity index (χ0v) is 77.3. The minimum Gasteiger partial charge on any atom is -0.467 e. The van der Waals surface area contributed by atoms with E-state index in [4.69, 9.17) is 9.15 Å². The number of anilines is 7. The number of methoxy groups -OCH3 is 1. The third-order valence-electron chi connectivity index (χ3n) is 21.3. The van der Waals surface area contributed by atoms with Crippen molar-refractivity contribution in [2.24, 2.45) is 0 Å². The van der Waals surface area contributed by atoms with E-state index < -0.39 is 82.2 Å². The molecule has 4 heterocycles. The van der Waals surface area contributed by atoms with E-state index in [0.29, 0.717) is 123 Å². The number of alkyl halides is 21. The molecule has 1 aromatic heterocycles. The third kappa shape index (κ3) is 40.4. The van der Waals surface area contributed by atoms with Crippen LogP contribution in [0.3, 0.4) is 0 Å². The van der Waals surface area contributed by atoms with Crippen LogP contribution in [0.1, 0.15) is 129 Å². The first kappa shape index (κ1) is 111. The van der Waals surface area contributed by atoms with Crippen LogP contribution in [0.25, 0.3) is 0 Å². The maximum absolute atomic E-state index is 12.9. The van der Waals surface area contributed by atoms with E-state index in [-0.39, 0.29) is 6.04 Å². The Hall–Kier alpha value is -9.29. The van der Waals surface area contributed by atoms with Crippen LogP contribution in [-0.4, -0.2) is 206 Å². The van der Waals surface area contributed by atoms with Crippen molar-refractivity contribution in [1.29, 1.82) is 0 Å². The molecule has 726 valence electrons. The highest BCUT2D eigenvalue weighted by atomic mass is 19.4. The van der Waals surface area contributed by atoms with Gasteiger partial charge in [0.05, 0.1) is 58.4 Å². The maximum Gasteiger partial charge on any atom is 0.416 e. The van der Waals surface area contributed by atoms with Crippen molar-refractivity contribution in [3.05, 3.63) is 229 Å². The number of halogens is 21. The Morgan fingerprint density at radius 3 is 1.13 bits per heavy atom. The zero-order valence-electron chi connectivity index (χ0n) is 77.3. The number of likely N-dealkylation sites (N-methyl/N-ethyl adjacent to an activating group) is 2. The van der Waals surface area contributed by atoms with E-state index in [0.717, 1.165) is 134 Å². The van der Waals surface area contributed by atoms with Crippen LogP contribution in [0.4, 0.5) is 132 Å². The molecule has 0 aliphatic carbocycles. The minimum atomic E-state index is -4.33. The number of aryl methyl sites for hydroxylation is 7. The van der Waals surface area contributed by atoms with Crippen LogP contribution < -0.4 is 35.6 Å². The highest BCUT2D eigenvalue weighted by Crippen LogP contribution is 2.40. The zero-order chi connectivity index (χ0) is 97.6. The molecule has 7 aromatic carbocycles. The monoisotopic (exact) mass is 1870 g/mol. The number of likely N-dealkylation sites (tertiary alicyclic amines) is 2. The van der Waals surface area contributed by atoms with Crippen molar-refractivity contribution < 1.29 is 101 Å². The molecule has 1 unspecified atom stereocenters. The number of ether oxygens (including phenoxy) is 1. The van der Waals surface area contributed by atoms with Gasteiger partial charge in [-0.25, -0.2) is 0 Å². The van der Waals surface area contributed by atoms with Gasteiger partial charge in [-0.1, -0.05) is 0 Å². The Bertz CT molecular complexity index is 4670. The molecule has 3 saturated heterocycles. The Morgan fingerprint density at radius 2 is 0.746 bits per heavy atom. The predicted octanol–water partition coefficient (Wildman–Crippen LogP) is 24.3. The number of nitrogens with one attached hydrogen (secondary N) is 3. The molecule has 3 aliphatic rings. The first-order valence-corrected chi connectivity index (χ1v) is 42.6. The summed E-state index contributed by atoms with van der Waals surface area (Å²) in [6, 6.07) is 33.1. The van der Waals surface area contributed by atoms with E-state index in [1.54, 1.807) is 116 Å². The van der Waals surface area contributed by atoms with Crippen LogP contribution in [0, 0.1) is 48.5 Å². The molecular weight excluding hydrogens is 1740 g/mol. The molecule has 0 amide bonds. The van der Waals surface area contributed by atoms with E-state index in [2.05, 4.69) is 54.5 Å². The molecule has 14 nitrogen and oxygen atoms in total. The van der Waals surface area contributed by atoms with Crippen LogP contribution in [0.2, 0.25) is 0 Å². The average molecular weight is 1870 g/mol. The topological polar surface area (TPSA) is 87.6 Å². The second-order valence-corrected chi connectivity index (χ2v) is 34.0. The van der Waals surface area contributed by atoms with Crippen LogP contribution in [0.5, 0.6) is 0 Å². The van der Waals surface area contributed by atoms with E-state index in [1.165, 1.54) is 61.4 Å². The highest BCUT2D eigenvalue weighted by molar-refractivity contribution is 5.57. The normalized spacial score (nSPS) is 14.8. The Morgan fingerprint density at radius 1 is 0.385 bits per heavy atom. The fraction of sp³-hybridized carbons (Fsp3) is 0.516. The number of hydrogen-bond acceptors (Lipinski definition) is 14. The number of nitrogens with zero attached hydrogens (tertiary/aromatic N) is 9. The third-order valence-corrected chi connectivity index (χ3v) is 21.3. The molecule has 0 bridgehead atoms.